The highest BCUT2D eigenvalue weighted by atomic mass is 16.1. The maximum Gasteiger partial charge on any atom is 0.136 e. The van der Waals surface area contributed by atoms with Crippen LogP contribution in [0.4, 0.5) is 0 Å². The molecule has 12 heavy (non-hydrogen) atoms. The van der Waals surface area contributed by atoms with Crippen molar-refractivity contribution in [3.63, 3.8) is 0 Å². The van der Waals surface area contributed by atoms with Gasteiger partial charge in [0, 0.05) is 5.41 Å². The van der Waals surface area contributed by atoms with Crippen LogP contribution in [0.3, 0.4) is 0 Å². The van der Waals surface area contributed by atoms with Gasteiger partial charge in [0.25, 0.3) is 0 Å². The van der Waals surface area contributed by atoms with Gasteiger partial charge < -0.3 is 0 Å². The molecule has 0 amide bonds. The summed E-state index contributed by atoms with van der Waals surface area (Å²) >= 11 is 0. The minimum atomic E-state index is 0.138. The van der Waals surface area contributed by atoms with Crippen LogP contribution in [0.5, 0.6) is 0 Å². The summed E-state index contributed by atoms with van der Waals surface area (Å²) in [6.07, 6.45) is 6.25. The van der Waals surface area contributed by atoms with Gasteiger partial charge in [-0.05, 0) is 44.4 Å². The van der Waals surface area contributed by atoms with Crippen molar-refractivity contribution in [2.45, 2.75) is 46.0 Å². The van der Waals surface area contributed by atoms with E-state index in [4.69, 9.17) is 0 Å². The lowest BCUT2D eigenvalue weighted by molar-refractivity contribution is -0.127. The van der Waals surface area contributed by atoms with Crippen LogP contribution in [-0.4, -0.2) is 5.78 Å². The normalized spacial score (nSPS) is 46.2. The fourth-order valence-corrected chi connectivity index (χ4v) is 3.55. The van der Waals surface area contributed by atoms with E-state index in [2.05, 4.69) is 6.92 Å². The van der Waals surface area contributed by atoms with Crippen molar-refractivity contribution < 1.29 is 4.79 Å². The quantitative estimate of drug-likeness (QED) is 0.585. The average Bonchev–Trinajstić information content (AvgIpc) is 2.42. The molecule has 0 N–H and O–H groups in total. The maximum absolute atomic E-state index is 11.6. The largest absolute Gasteiger partial charge is 0.299 e. The molecule has 3 atom stereocenters. The lowest BCUT2D eigenvalue weighted by Crippen LogP contribution is -2.28. The number of hydrogen-bond donors (Lipinski definition) is 0. The molecule has 1 heteroatoms. The zero-order valence-electron chi connectivity index (χ0n) is 8.10. The first kappa shape index (κ1) is 8.28. The molecular formula is C11H18O. The Morgan fingerprint density at radius 2 is 2.25 bits per heavy atom. The molecule has 2 aliphatic carbocycles. The smallest absolute Gasteiger partial charge is 0.136 e. The van der Waals surface area contributed by atoms with Gasteiger partial charge in [-0.1, -0.05) is 13.3 Å². The Hall–Kier alpha value is -0.330. The fraction of sp³-hybridized carbons (Fsp3) is 0.909. The van der Waals surface area contributed by atoms with Crippen molar-refractivity contribution in [1.82, 2.24) is 0 Å². The maximum atomic E-state index is 11.6. The highest BCUT2D eigenvalue weighted by molar-refractivity contribution is 5.83. The minimum Gasteiger partial charge on any atom is -0.299 e. The van der Waals surface area contributed by atoms with Crippen molar-refractivity contribution in [3.8, 4) is 0 Å². The number of ketones is 1. The van der Waals surface area contributed by atoms with Gasteiger partial charge in [-0.15, -0.1) is 0 Å². The molecule has 0 aromatic heterocycles. The first-order valence-electron chi connectivity index (χ1n) is 5.16. The Bertz CT molecular complexity index is 209. The summed E-state index contributed by atoms with van der Waals surface area (Å²) in [5.41, 5.74) is 0.138. The van der Waals surface area contributed by atoms with Crippen molar-refractivity contribution in [3.05, 3.63) is 0 Å². The number of carbonyl (C=O) groups is 1. The first-order valence-corrected chi connectivity index (χ1v) is 5.16. The first-order chi connectivity index (χ1) is 5.65. The van der Waals surface area contributed by atoms with Crippen molar-refractivity contribution in [2.75, 3.05) is 0 Å². The van der Waals surface area contributed by atoms with E-state index in [1.165, 1.54) is 32.1 Å². The summed E-state index contributed by atoms with van der Waals surface area (Å²) in [4.78, 5) is 11.6. The topological polar surface area (TPSA) is 17.1 Å². The highest BCUT2D eigenvalue weighted by Gasteiger charge is 2.51. The van der Waals surface area contributed by atoms with E-state index in [9.17, 15) is 4.79 Å². The third-order valence-electron chi connectivity index (χ3n) is 4.06. The van der Waals surface area contributed by atoms with E-state index >= 15 is 0 Å². The van der Waals surface area contributed by atoms with Crippen LogP contribution in [0, 0.1) is 17.3 Å². The van der Waals surface area contributed by atoms with Gasteiger partial charge in [-0.25, -0.2) is 0 Å². The second-order valence-electron chi connectivity index (χ2n) is 4.85. The van der Waals surface area contributed by atoms with Gasteiger partial charge in [0.15, 0.2) is 0 Å². The molecule has 0 bridgehead atoms. The second kappa shape index (κ2) is 2.58. The van der Waals surface area contributed by atoms with Gasteiger partial charge in [0.05, 0.1) is 0 Å². The van der Waals surface area contributed by atoms with E-state index in [0.717, 1.165) is 11.8 Å². The minimum absolute atomic E-state index is 0.138. The van der Waals surface area contributed by atoms with E-state index in [1.807, 2.05) is 0 Å². The Morgan fingerprint density at radius 3 is 2.83 bits per heavy atom. The van der Waals surface area contributed by atoms with Gasteiger partial charge in [-0.2, -0.15) is 0 Å². The molecule has 0 aromatic rings. The molecular weight excluding hydrogens is 148 g/mol. The molecule has 0 heterocycles. The standard InChI is InChI=1S/C11H18O/c1-8-6-10-4-3-5-11(10,7-8)9(2)12/h8,10H,3-7H2,1-2H3/t8?,10?,11-/m0/s1. The van der Waals surface area contributed by atoms with Gasteiger partial charge in [0.2, 0.25) is 0 Å². The monoisotopic (exact) mass is 166 g/mol. The van der Waals surface area contributed by atoms with Crippen molar-refractivity contribution in [1.29, 1.82) is 0 Å². The third kappa shape index (κ3) is 0.949. The number of hydrogen-bond acceptors (Lipinski definition) is 1. The molecule has 0 spiro atoms. The highest BCUT2D eigenvalue weighted by Crippen LogP contribution is 2.56. The second-order valence-corrected chi connectivity index (χ2v) is 4.85. The lowest BCUT2D eigenvalue weighted by Gasteiger charge is -2.25. The van der Waals surface area contributed by atoms with Gasteiger partial charge in [-0.3, -0.25) is 4.79 Å². The lowest BCUT2D eigenvalue weighted by atomic mass is 9.77. The SMILES string of the molecule is CC(=O)[C@@]12CCCC1CC(C)C2. The molecule has 2 unspecified atom stereocenters. The molecule has 0 radical (unpaired) electrons. The van der Waals surface area contributed by atoms with E-state index < -0.39 is 0 Å². The Balaban J connectivity index is 2.26. The molecule has 0 aliphatic heterocycles. The summed E-state index contributed by atoms with van der Waals surface area (Å²) in [6, 6.07) is 0. The molecule has 68 valence electrons. The Labute approximate surface area is 74.5 Å². The van der Waals surface area contributed by atoms with E-state index in [-0.39, 0.29) is 5.41 Å². The van der Waals surface area contributed by atoms with Crippen LogP contribution >= 0.6 is 0 Å². The van der Waals surface area contributed by atoms with Crippen LogP contribution in [-0.2, 0) is 4.79 Å². The zero-order chi connectivity index (χ0) is 8.77. The molecule has 2 fully saturated rings. The fourth-order valence-electron chi connectivity index (χ4n) is 3.55. The van der Waals surface area contributed by atoms with Crippen LogP contribution in [0.25, 0.3) is 0 Å². The summed E-state index contributed by atoms with van der Waals surface area (Å²) in [6.45, 7) is 4.10. The van der Waals surface area contributed by atoms with Gasteiger partial charge >= 0.3 is 0 Å². The van der Waals surface area contributed by atoms with Crippen LogP contribution in [0.15, 0.2) is 0 Å². The van der Waals surface area contributed by atoms with Crippen LogP contribution in [0.2, 0.25) is 0 Å². The molecule has 2 aliphatic rings. The number of fused-ring (bicyclic) bond motifs is 1. The molecule has 2 saturated carbocycles. The number of rotatable bonds is 1. The summed E-state index contributed by atoms with van der Waals surface area (Å²) in [5, 5.41) is 0. The Morgan fingerprint density at radius 1 is 1.50 bits per heavy atom. The van der Waals surface area contributed by atoms with E-state index in [0.29, 0.717) is 5.78 Å². The molecule has 0 aromatic carbocycles. The predicted molar refractivity (Wildman–Crippen MR) is 48.9 cm³/mol. The van der Waals surface area contributed by atoms with Crippen LogP contribution in [0.1, 0.15) is 46.0 Å². The number of Topliss-reactive ketones (excluding diaryl/α,β-unsaturated/α-hetero) is 1. The van der Waals surface area contributed by atoms with Crippen molar-refractivity contribution >= 4 is 5.78 Å². The summed E-state index contributed by atoms with van der Waals surface area (Å²) < 4.78 is 0. The van der Waals surface area contributed by atoms with Crippen LogP contribution < -0.4 is 0 Å². The average molecular weight is 166 g/mol. The van der Waals surface area contributed by atoms with Crippen molar-refractivity contribution in [2.24, 2.45) is 17.3 Å². The zero-order valence-corrected chi connectivity index (χ0v) is 8.10. The van der Waals surface area contributed by atoms with E-state index in [1.54, 1.807) is 6.92 Å². The van der Waals surface area contributed by atoms with Gasteiger partial charge in [0.1, 0.15) is 5.78 Å². The molecule has 1 nitrogen and oxygen atoms in total. The molecule has 0 saturated heterocycles. The number of carbonyl (C=O) groups excluding carboxylic acids is 1. The summed E-state index contributed by atoms with van der Waals surface area (Å²) in [7, 11) is 0. The predicted octanol–water partition coefficient (Wildman–Crippen LogP) is 2.79. The third-order valence-corrected chi connectivity index (χ3v) is 4.06. The Kier molecular flexibility index (Phi) is 1.78. The summed E-state index contributed by atoms with van der Waals surface area (Å²) in [5.74, 6) is 2.00. The molecule has 2 rings (SSSR count).